The van der Waals surface area contributed by atoms with E-state index >= 15 is 0 Å². The largest absolute Gasteiger partial charge is 0.496 e. The molecule has 1 N–H and O–H groups in total. The van der Waals surface area contributed by atoms with Crippen LogP contribution in [0.25, 0.3) is 0 Å². The standard InChI is InChI=1S/C17H19BrFNO/c1-11(13-8-9-16(19)15(18)10-13)20-12(2)14-6-4-5-7-17(14)21-3/h4-12,20H,1-3H3. The van der Waals surface area contributed by atoms with Gasteiger partial charge in [0, 0.05) is 17.6 Å². The summed E-state index contributed by atoms with van der Waals surface area (Å²) in [5.41, 5.74) is 2.14. The fourth-order valence-corrected chi connectivity index (χ4v) is 2.76. The molecule has 0 aliphatic rings. The van der Waals surface area contributed by atoms with Crippen molar-refractivity contribution in [3.05, 3.63) is 63.9 Å². The monoisotopic (exact) mass is 351 g/mol. The predicted molar refractivity (Wildman–Crippen MR) is 87.1 cm³/mol. The van der Waals surface area contributed by atoms with Gasteiger partial charge in [-0.1, -0.05) is 24.3 Å². The first kappa shape index (κ1) is 16.0. The topological polar surface area (TPSA) is 21.3 Å². The first-order valence-electron chi connectivity index (χ1n) is 6.87. The molecule has 0 bridgehead atoms. The molecule has 112 valence electrons. The van der Waals surface area contributed by atoms with Crippen LogP contribution < -0.4 is 10.1 Å². The SMILES string of the molecule is COc1ccccc1C(C)NC(C)c1ccc(F)c(Br)c1. The van der Waals surface area contributed by atoms with Gasteiger partial charge < -0.3 is 10.1 Å². The van der Waals surface area contributed by atoms with Crippen molar-refractivity contribution >= 4 is 15.9 Å². The lowest BCUT2D eigenvalue weighted by molar-refractivity contribution is 0.396. The Kier molecular flexibility index (Phi) is 5.37. The van der Waals surface area contributed by atoms with Crippen LogP contribution in [-0.4, -0.2) is 7.11 Å². The normalized spacial score (nSPS) is 13.8. The Hall–Kier alpha value is -1.39. The second kappa shape index (κ2) is 7.05. The minimum atomic E-state index is -0.247. The van der Waals surface area contributed by atoms with Gasteiger partial charge in [0.05, 0.1) is 11.6 Å². The van der Waals surface area contributed by atoms with Gasteiger partial charge in [-0.15, -0.1) is 0 Å². The first-order valence-corrected chi connectivity index (χ1v) is 7.66. The molecule has 2 aromatic carbocycles. The molecular weight excluding hydrogens is 333 g/mol. The number of para-hydroxylation sites is 1. The summed E-state index contributed by atoms with van der Waals surface area (Å²) in [6.45, 7) is 4.15. The Balaban J connectivity index is 2.14. The van der Waals surface area contributed by atoms with Crippen LogP contribution in [0.3, 0.4) is 0 Å². The maximum absolute atomic E-state index is 13.3. The molecule has 0 saturated heterocycles. The molecule has 0 spiro atoms. The molecule has 2 rings (SSSR count). The minimum Gasteiger partial charge on any atom is -0.496 e. The second-order valence-electron chi connectivity index (χ2n) is 5.03. The Morgan fingerprint density at radius 1 is 1.10 bits per heavy atom. The highest BCUT2D eigenvalue weighted by Crippen LogP contribution is 2.28. The number of hydrogen-bond donors (Lipinski definition) is 1. The molecule has 2 atom stereocenters. The van der Waals surface area contributed by atoms with Crippen LogP contribution in [0, 0.1) is 5.82 Å². The fourth-order valence-electron chi connectivity index (χ4n) is 2.37. The van der Waals surface area contributed by atoms with Gasteiger partial charge in [0.15, 0.2) is 0 Å². The van der Waals surface area contributed by atoms with Crippen molar-refractivity contribution in [2.24, 2.45) is 0 Å². The molecule has 0 aliphatic heterocycles. The summed E-state index contributed by atoms with van der Waals surface area (Å²) in [6, 6.07) is 13.3. The smallest absolute Gasteiger partial charge is 0.137 e. The zero-order valence-corrected chi connectivity index (χ0v) is 13.9. The average Bonchev–Trinajstić information content (AvgIpc) is 2.49. The molecule has 0 saturated carbocycles. The van der Waals surface area contributed by atoms with E-state index in [2.05, 4.69) is 35.1 Å². The van der Waals surface area contributed by atoms with Gasteiger partial charge >= 0.3 is 0 Å². The summed E-state index contributed by atoms with van der Waals surface area (Å²) in [5.74, 6) is 0.619. The van der Waals surface area contributed by atoms with Crippen LogP contribution in [0.15, 0.2) is 46.9 Å². The summed E-state index contributed by atoms with van der Waals surface area (Å²) in [7, 11) is 1.67. The maximum atomic E-state index is 13.3. The number of rotatable bonds is 5. The van der Waals surface area contributed by atoms with E-state index in [1.54, 1.807) is 13.2 Å². The van der Waals surface area contributed by atoms with E-state index in [1.165, 1.54) is 6.07 Å². The van der Waals surface area contributed by atoms with Crippen LogP contribution in [0.1, 0.15) is 37.1 Å². The van der Waals surface area contributed by atoms with Crippen molar-refractivity contribution in [1.29, 1.82) is 0 Å². The summed E-state index contributed by atoms with van der Waals surface area (Å²) < 4.78 is 19.2. The molecule has 2 unspecified atom stereocenters. The lowest BCUT2D eigenvalue weighted by Crippen LogP contribution is -2.23. The van der Waals surface area contributed by atoms with E-state index in [4.69, 9.17) is 4.74 Å². The third kappa shape index (κ3) is 3.83. The Labute approximate surface area is 133 Å². The van der Waals surface area contributed by atoms with Gasteiger partial charge in [-0.25, -0.2) is 4.39 Å². The lowest BCUT2D eigenvalue weighted by Gasteiger charge is -2.22. The van der Waals surface area contributed by atoms with Crippen molar-refractivity contribution < 1.29 is 9.13 Å². The molecule has 0 amide bonds. The van der Waals surface area contributed by atoms with Crippen molar-refractivity contribution in [2.45, 2.75) is 25.9 Å². The van der Waals surface area contributed by atoms with Crippen LogP contribution in [-0.2, 0) is 0 Å². The van der Waals surface area contributed by atoms with Crippen LogP contribution in [0.4, 0.5) is 4.39 Å². The molecule has 0 aromatic heterocycles. The van der Waals surface area contributed by atoms with E-state index in [1.807, 2.05) is 30.3 Å². The Bertz CT molecular complexity index is 617. The van der Waals surface area contributed by atoms with Gasteiger partial charge in [0.25, 0.3) is 0 Å². The summed E-state index contributed by atoms with van der Waals surface area (Å²) in [5, 5.41) is 3.51. The van der Waals surface area contributed by atoms with E-state index in [0.29, 0.717) is 4.47 Å². The van der Waals surface area contributed by atoms with Crippen molar-refractivity contribution in [1.82, 2.24) is 5.32 Å². The van der Waals surface area contributed by atoms with E-state index in [0.717, 1.165) is 16.9 Å². The predicted octanol–water partition coefficient (Wildman–Crippen LogP) is 5.01. The van der Waals surface area contributed by atoms with Crippen molar-refractivity contribution in [3.8, 4) is 5.75 Å². The Morgan fingerprint density at radius 2 is 1.81 bits per heavy atom. The van der Waals surface area contributed by atoms with E-state index in [9.17, 15) is 4.39 Å². The summed E-state index contributed by atoms with van der Waals surface area (Å²) in [4.78, 5) is 0. The van der Waals surface area contributed by atoms with Gasteiger partial charge in [-0.05, 0) is 53.5 Å². The molecule has 0 aliphatic carbocycles. The minimum absolute atomic E-state index is 0.0989. The van der Waals surface area contributed by atoms with Crippen molar-refractivity contribution in [2.75, 3.05) is 7.11 Å². The molecule has 4 heteroatoms. The van der Waals surface area contributed by atoms with Crippen LogP contribution >= 0.6 is 15.9 Å². The lowest BCUT2D eigenvalue weighted by atomic mass is 10.0. The number of nitrogens with one attached hydrogen (secondary N) is 1. The molecule has 2 aromatic rings. The zero-order valence-electron chi connectivity index (χ0n) is 12.4. The molecule has 0 fully saturated rings. The van der Waals surface area contributed by atoms with Crippen molar-refractivity contribution in [3.63, 3.8) is 0 Å². The number of ether oxygens (including phenoxy) is 1. The number of hydrogen-bond acceptors (Lipinski definition) is 2. The maximum Gasteiger partial charge on any atom is 0.137 e. The van der Waals surface area contributed by atoms with Crippen LogP contribution in [0.5, 0.6) is 5.75 Å². The second-order valence-corrected chi connectivity index (χ2v) is 5.88. The fraction of sp³-hybridized carbons (Fsp3) is 0.294. The van der Waals surface area contributed by atoms with Crippen LogP contribution in [0.2, 0.25) is 0 Å². The third-order valence-electron chi connectivity index (χ3n) is 3.55. The quantitative estimate of drug-likeness (QED) is 0.817. The third-order valence-corrected chi connectivity index (χ3v) is 4.16. The van der Waals surface area contributed by atoms with E-state index in [-0.39, 0.29) is 17.9 Å². The van der Waals surface area contributed by atoms with Gasteiger partial charge in [0.1, 0.15) is 11.6 Å². The van der Waals surface area contributed by atoms with Gasteiger partial charge in [-0.3, -0.25) is 0 Å². The number of halogens is 2. The zero-order chi connectivity index (χ0) is 15.4. The summed E-state index contributed by atoms with van der Waals surface area (Å²) >= 11 is 3.23. The highest BCUT2D eigenvalue weighted by atomic mass is 79.9. The van der Waals surface area contributed by atoms with E-state index < -0.39 is 0 Å². The molecule has 0 heterocycles. The highest BCUT2D eigenvalue weighted by Gasteiger charge is 2.15. The number of methoxy groups -OCH3 is 1. The molecule has 2 nitrogen and oxygen atoms in total. The molecule has 0 radical (unpaired) electrons. The van der Waals surface area contributed by atoms with Gasteiger partial charge in [-0.2, -0.15) is 0 Å². The number of benzene rings is 2. The average molecular weight is 352 g/mol. The first-order chi connectivity index (χ1) is 10.0. The highest BCUT2D eigenvalue weighted by molar-refractivity contribution is 9.10. The summed E-state index contributed by atoms with van der Waals surface area (Å²) in [6.07, 6.45) is 0. The molecule has 21 heavy (non-hydrogen) atoms. The Morgan fingerprint density at radius 3 is 2.48 bits per heavy atom. The molecular formula is C17H19BrFNO. The van der Waals surface area contributed by atoms with Gasteiger partial charge in [0.2, 0.25) is 0 Å².